The SMILES string of the molecule is O=C(O)[C@H](Cc1ccc(I)cc1)NC(=O)[C@H](O)c1ccc(C(F)(F)F)cc1. The molecule has 0 spiro atoms. The second-order valence-corrected chi connectivity index (χ2v) is 7.00. The van der Waals surface area contributed by atoms with Gasteiger partial charge >= 0.3 is 12.1 Å². The summed E-state index contributed by atoms with van der Waals surface area (Å²) < 4.78 is 38.7. The Balaban J connectivity index is 2.07. The van der Waals surface area contributed by atoms with Crippen molar-refractivity contribution >= 4 is 34.5 Å². The van der Waals surface area contributed by atoms with Crippen molar-refractivity contribution < 1.29 is 33.0 Å². The van der Waals surface area contributed by atoms with Gasteiger partial charge in [0.25, 0.3) is 5.91 Å². The zero-order valence-corrected chi connectivity index (χ0v) is 15.9. The smallest absolute Gasteiger partial charge is 0.416 e. The second kappa shape index (κ2) is 8.70. The summed E-state index contributed by atoms with van der Waals surface area (Å²) in [7, 11) is 0. The van der Waals surface area contributed by atoms with Crippen LogP contribution in [0.3, 0.4) is 0 Å². The summed E-state index contributed by atoms with van der Waals surface area (Å²) in [6, 6.07) is 9.15. The lowest BCUT2D eigenvalue weighted by Crippen LogP contribution is -2.44. The van der Waals surface area contributed by atoms with Crippen LogP contribution in [0, 0.1) is 3.57 Å². The maximum absolute atomic E-state index is 12.6. The van der Waals surface area contributed by atoms with Crippen molar-refractivity contribution in [1.29, 1.82) is 0 Å². The standard InChI is InChI=1S/C18H15F3INO4/c19-18(20,21)12-5-3-11(4-6-12)15(24)16(25)23-14(17(26)27)9-10-1-7-13(22)8-2-10/h1-8,14-15,24H,9H2,(H,23,25)(H,26,27)/t14-,15+/m0/s1. The first-order valence-corrected chi connectivity index (χ1v) is 8.78. The van der Waals surface area contributed by atoms with Crippen molar-refractivity contribution in [3.8, 4) is 0 Å². The minimum atomic E-state index is -4.53. The predicted molar refractivity (Wildman–Crippen MR) is 98.8 cm³/mol. The van der Waals surface area contributed by atoms with E-state index in [9.17, 15) is 33.0 Å². The first kappa shape index (κ1) is 21.2. The number of carbonyl (C=O) groups is 2. The molecule has 0 aliphatic heterocycles. The van der Waals surface area contributed by atoms with Crippen molar-refractivity contribution in [3.63, 3.8) is 0 Å². The van der Waals surface area contributed by atoms with E-state index in [-0.39, 0.29) is 12.0 Å². The van der Waals surface area contributed by atoms with E-state index < -0.39 is 35.8 Å². The highest BCUT2D eigenvalue weighted by atomic mass is 127. The molecule has 3 N–H and O–H groups in total. The van der Waals surface area contributed by atoms with Crippen molar-refractivity contribution in [2.24, 2.45) is 0 Å². The molecule has 144 valence electrons. The molecule has 9 heteroatoms. The molecule has 0 fully saturated rings. The number of hydrogen-bond acceptors (Lipinski definition) is 3. The molecular weight excluding hydrogens is 478 g/mol. The lowest BCUT2D eigenvalue weighted by atomic mass is 10.0. The van der Waals surface area contributed by atoms with Gasteiger partial charge in [-0.25, -0.2) is 4.79 Å². The topological polar surface area (TPSA) is 86.6 Å². The number of carboxylic acids is 1. The van der Waals surface area contributed by atoms with Gasteiger partial charge in [0.15, 0.2) is 6.10 Å². The molecule has 0 aliphatic rings. The Morgan fingerprint density at radius 1 is 1.04 bits per heavy atom. The number of carboxylic acid groups (broad SMARTS) is 1. The molecule has 2 aromatic carbocycles. The summed E-state index contributed by atoms with van der Waals surface area (Å²) in [6.45, 7) is 0. The molecule has 27 heavy (non-hydrogen) atoms. The first-order chi connectivity index (χ1) is 12.6. The van der Waals surface area contributed by atoms with Gasteiger partial charge in [0, 0.05) is 9.99 Å². The Morgan fingerprint density at radius 2 is 1.59 bits per heavy atom. The molecule has 0 radical (unpaired) electrons. The average molecular weight is 493 g/mol. The number of alkyl halides is 3. The minimum Gasteiger partial charge on any atom is -0.480 e. The maximum Gasteiger partial charge on any atom is 0.416 e. The number of aliphatic hydroxyl groups is 1. The van der Waals surface area contributed by atoms with E-state index in [4.69, 9.17) is 0 Å². The molecule has 2 aromatic rings. The molecule has 0 bridgehead atoms. The molecule has 0 saturated carbocycles. The summed E-state index contributed by atoms with van der Waals surface area (Å²) in [5.41, 5.74) is -0.313. The van der Waals surface area contributed by atoms with Crippen LogP contribution in [0.15, 0.2) is 48.5 Å². The Labute approximate surface area is 166 Å². The molecule has 2 rings (SSSR count). The molecule has 2 atom stereocenters. The molecular formula is C18H15F3INO4. The zero-order valence-electron chi connectivity index (χ0n) is 13.7. The van der Waals surface area contributed by atoms with Crippen molar-refractivity contribution in [2.45, 2.75) is 24.7 Å². The van der Waals surface area contributed by atoms with E-state index in [2.05, 4.69) is 27.9 Å². The number of aliphatic carboxylic acids is 1. The van der Waals surface area contributed by atoms with Gasteiger partial charge in [-0.15, -0.1) is 0 Å². The highest BCUT2D eigenvalue weighted by Crippen LogP contribution is 2.30. The summed E-state index contributed by atoms with van der Waals surface area (Å²) in [5.74, 6) is -2.30. The predicted octanol–water partition coefficient (Wildman–Crippen LogP) is 3.16. The highest BCUT2D eigenvalue weighted by Gasteiger charge is 2.31. The number of nitrogens with one attached hydrogen (secondary N) is 1. The molecule has 0 aromatic heterocycles. The van der Waals surface area contributed by atoms with Gasteiger partial charge in [0.2, 0.25) is 0 Å². The van der Waals surface area contributed by atoms with Crippen LogP contribution in [0.25, 0.3) is 0 Å². The van der Waals surface area contributed by atoms with Crippen LogP contribution >= 0.6 is 22.6 Å². The second-order valence-electron chi connectivity index (χ2n) is 5.75. The first-order valence-electron chi connectivity index (χ1n) is 7.71. The fourth-order valence-electron chi connectivity index (χ4n) is 2.31. The van der Waals surface area contributed by atoms with Gasteiger partial charge in [-0.3, -0.25) is 4.79 Å². The average Bonchev–Trinajstić information content (AvgIpc) is 2.61. The number of carbonyl (C=O) groups excluding carboxylic acids is 1. The number of amides is 1. The monoisotopic (exact) mass is 493 g/mol. The Bertz CT molecular complexity index is 807. The summed E-state index contributed by atoms with van der Waals surface area (Å²) >= 11 is 2.10. The number of aliphatic hydroxyl groups excluding tert-OH is 1. The number of rotatable bonds is 6. The molecule has 0 saturated heterocycles. The van der Waals surface area contributed by atoms with Crippen LogP contribution in [-0.2, 0) is 22.2 Å². The third kappa shape index (κ3) is 5.93. The summed E-state index contributed by atoms with van der Waals surface area (Å²) in [4.78, 5) is 23.5. The highest BCUT2D eigenvalue weighted by molar-refractivity contribution is 14.1. The van der Waals surface area contributed by atoms with E-state index in [1.54, 1.807) is 24.3 Å². The third-order valence-electron chi connectivity index (χ3n) is 3.77. The van der Waals surface area contributed by atoms with Gasteiger partial charge in [0.1, 0.15) is 6.04 Å². The van der Waals surface area contributed by atoms with Crippen LogP contribution in [0.4, 0.5) is 13.2 Å². The van der Waals surface area contributed by atoms with Crippen LogP contribution in [0.5, 0.6) is 0 Å². The van der Waals surface area contributed by atoms with E-state index >= 15 is 0 Å². The lowest BCUT2D eigenvalue weighted by Gasteiger charge is -2.18. The number of benzene rings is 2. The fourth-order valence-corrected chi connectivity index (χ4v) is 2.67. The van der Waals surface area contributed by atoms with Gasteiger partial charge in [-0.2, -0.15) is 13.2 Å². The van der Waals surface area contributed by atoms with Crippen LogP contribution in [0.1, 0.15) is 22.8 Å². The normalized spacial score (nSPS) is 13.7. The Morgan fingerprint density at radius 3 is 2.07 bits per heavy atom. The lowest BCUT2D eigenvalue weighted by molar-refractivity contribution is -0.143. The van der Waals surface area contributed by atoms with Gasteiger partial charge in [0.05, 0.1) is 5.56 Å². The fraction of sp³-hybridized carbons (Fsp3) is 0.222. The molecule has 5 nitrogen and oxygen atoms in total. The molecule has 0 heterocycles. The van der Waals surface area contributed by atoms with Crippen LogP contribution in [0.2, 0.25) is 0 Å². The van der Waals surface area contributed by atoms with Crippen LogP contribution < -0.4 is 5.32 Å². The summed E-state index contributed by atoms with van der Waals surface area (Å²) in [5, 5.41) is 21.5. The van der Waals surface area contributed by atoms with Crippen molar-refractivity contribution in [3.05, 3.63) is 68.8 Å². The van der Waals surface area contributed by atoms with Crippen molar-refractivity contribution in [2.75, 3.05) is 0 Å². The minimum absolute atomic E-state index is 0.00226. The van der Waals surface area contributed by atoms with Crippen LogP contribution in [-0.4, -0.2) is 28.1 Å². The molecule has 1 amide bonds. The molecule has 0 unspecified atom stereocenters. The quantitative estimate of drug-likeness (QED) is 0.540. The van der Waals surface area contributed by atoms with E-state index in [1.165, 1.54) is 0 Å². The number of hydrogen-bond donors (Lipinski definition) is 3. The molecule has 0 aliphatic carbocycles. The Kier molecular flexibility index (Phi) is 6.82. The van der Waals surface area contributed by atoms with E-state index in [1.807, 2.05) is 0 Å². The van der Waals surface area contributed by atoms with E-state index in [0.717, 1.165) is 27.8 Å². The largest absolute Gasteiger partial charge is 0.480 e. The third-order valence-corrected chi connectivity index (χ3v) is 4.49. The van der Waals surface area contributed by atoms with E-state index in [0.29, 0.717) is 5.56 Å². The van der Waals surface area contributed by atoms with Gasteiger partial charge < -0.3 is 15.5 Å². The summed E-state index contributed by atoms with van der Waals surface area (Å²) in [6.07, 6.45) is -6.32. The Hall–Kier alpha value is -2.14. The zero-order chi connectivity index (χ0) is 20.2. The van der Waals surface area contributed by atoms with Gasteiger partial charge in [-0.1, -0.05) is 24.3 Å². The van der Waals surface area contributed by atoms with Gasteiger partial charge in [-0.05, 0) is 58.0 Å². The maximum atomic E-state index is 12.6. The van der Waals surface area contributed by atoms with Crippen molar-refractivity contribution in [1.82, 2.24) is 5.32 Å². The number of halogens is 4.